The van der Waals surface area contributed by atoms with E-state index in [1.165, 1.54) is 0 Å². The second-order valence-corrected chi connectivity index (χ2v) is 7.77. The molecule has 24 heavy (non-hydrogen) atoms. The molecule has 7 nitrogen and oxygen atoms in total. The number of ether oxygens (including phenoxy) is 1. The number of aromatic nitrogens is 3. The van der Waals surface area contributed by atoms with Crippen LogP contribution in [0.25, 0.3) is 0 Å². The monoisotopic (exact) mass is 334 g/mol. The zero-order valence-corrected chi connectivity index (χ0v) is 15.7. The molecule has 2 heterocycles. The number of aliphatic imine (C=N–C) groups is 1. The molecule has 134 valence electrons. The highest BCUT2D eigenvalue weighted by molar-refractivity contribution is 5.80. The molecule has 3 rings (SSSR count). The van der Waals surface area contributed by atoms with Crippen LogP contribution in [-0.4, -0.2) is 52.6 Å². The van der Waals surface area contributed by atoms with Crippen LogP contribution in [-0.2, 0) is 17.7 Å². The Bertz CT molecular complexity index is 637. The normalized spacial score (nSPS) is 32.0. The highest BCUT2D eigenvalue weighted by Gasteiger charge is 2.58. The average molecular weight is 334 g/mol. The first-order chi connectivity index (χ1) is 11.3. The van der Waals surface area contributed by atoms with E-state index in [1.807, 2.05) is 18.7 Å². The van der Waals surface area contributed by atoms with Gasteiger partial charge in [0, 0.05) is 38.1 Å². The van der Waals surface area contributed by atoms with E-state index in [0.717, 1.165) is 43.4 Å². The predicted molar refractivity (Wildman–Crippen MR) is 94.1 cm³/mol. The summed E-state index contributed by atoms with van der Waals surface area (Å²) in [6.45, 7) is 9.45. The lowest BCUT2D eigenvalue weighted by Crippen LogP contribution is -2.69. The molecular weight excluding hydrogens is 304 g/mol. The maximum Gasteiger partial charge on any atom is 0.191 e. The number of fused-ring (bicyclic) bond motifs is 1. The van der Waals surface area contributed by atoms with Crippen molar-refractivity contribution in [2.45, 2.75) is 71.2 Å². The second kappa shape index (κ2) is 6.02. The summed E-state index contributed by atoms with van der Waals surface area (Å²) in [5, 5.41) is 11.6. The number of rotatable bonds is 3. The molecule has 0 radical (unpaired) electrons. The molecule has 1 aliphatic heterocycles. The molecule has 3 unspecified atom stereocenters. The third-order valence-corrected chi connectivity index (χ3v) is 6.12. The summed E-state index contributed by atoms with van der Waals surface area (Å²) < 4.78 is 7.72. The predicted octanol–water partition coefficient (Wildman–Crippen LogP) is 1.27. The van der Waals surface area contributed by atoms with E-state index in [2.05, 4.69) is 46.5 Å². The number of hydrogen-bond donors (Lipinski definition) is 2. The number of aryl methyl sites for hydroxylation is 2. The molecule has 1 aromatic rings. The molecule has 7 heteroatoms. The number of nitrogens with zero attached hydrogens (tertiary/aromatic N) is 4. The maximum absolute atomic E-state index is 5.71. The summed E-state index contributed by atoms with van der Waals surface area (Å²) >= 11 is 0. The Balaban J connectivity index is 1.59. The lowest BCUT2D eigenvalue weighted by atomic mass is 9.56. The Labute approximate surface area is 144 Å². The van der Waals surface area contributed by atoms with Gasteiger partial charge in [-0.05, 0) is 26.7 Å². The molecule has 1 aliphatic carbocycles. The van der Waals surface area contributed by atoms with Crippen molar-refractivity contribution in [2.75, 3.05) is 14.2 Å². The highest BCUT2D eigenvalue weighted by Crippen LogP contribution is 2.51. The zero-order valence-electron chi connectivity index (χ0n) is 15.7. The van der Waals surface area contributed by atoms with Gasteiger partial charge in [-0.1, -0.05) is 13.8 Å². The SMILES string of the molecule is CN=C(NC1CCc2nc(C)nn2C1)NC1CC(C)(OC)C1(C)C. The molecular formula is C17H30N6O. The van der Waals surface area contributed by atoms with Gasteiger partial charge in [0.15, 0.2) is 5.96 Å². The summed E-state index contributed by atoms with van der Waals surface area (Å²) in [4.78, 5) is 8.88. The lowest BCUT2D eigenvalue weighted by molar-refractivity contribution is -0.176. The molecule has 0 aromatic carbocycles. The molecule has 0 bridgehead atoms. The molecule has 3 atom stereocenters. The fourth-order valence-corrected chi connectivity index (χ4v) is 3.80. The van der Waals surface area contributed by atoms with Gasteiger partial charge >= 0.3 is 0 Å². The Morgan fingerprint density at radius 3 is 2.71 bits per heavy atom. The Kier molecular flexibility index (Phi) is 4.32. The standard InChI is InChI=1S/C17H30N6O/c1-11-19-14-8-7-12(10-23(14)22-11)20-15(18-5)21-13-9-17(4,24-6)16(13,2)3/h12-13H,7-10H2,1-6H3,(H2,18,20,21). The minimum atomic E-state index is -0.0818. The second-order valence-electron chi connectivity index (χ2n) is 7.77. The van der Waals surface area contributed by atoms with Crippen molar-refractivity contribution in [3.63, 3.8) is 0 Å². The van der Waals surface area contributed by atoms with Crippen molar-refractivity contribution in [1.82, 2.24) is 25.4 Å². The van der Waals surface area contributed by atoms with E-state index in [0.29, 0.717) is 12.1 Å². The zero-order chi connectivity index (χ0) is 17.5. The van der Waals surface area contributed by atoms with Gasteiger partial charge in [0.2, 0.25) is 0 Å². The molecule has 1 saturated carbocycles. The molecule has 1 aromatic heterocycles. The third kappa shape index (κ3) is 2.79. The van der Waals surface area contributed by atoms with Crippen molar-refractivity contribution >= 4 is 5.96 Å². The van der Waals surface area contributed by atoms with Gasteiger partial charge in [-0.25, -0.2) is 9.67 Å². The number of nitrogens with one attached hydrogen (secondary N) is 2. The summed E-state index contributed by atoms with van der Waals surface area (Å²) in [7, 11) is 3.62. The first kappa shape index (κ1) is 17.2. The van der Waals surface area contributed by atoms with Crippen molar-refractivity contribution < 1.29 is 4.74 Å². The third-order valence-electron chi connectivity index (χ3n) is 6.12. The average Bonchev–Trinajstić information content (AvgIpc) is 2.92. The van der Waals surface area contributed by atoms with E-state index in [-0.39, 0.29) is 11.0 Å². The van der Waals surface area contributed by atoms with Crippen molar-refractivity contribution in [3.8, 4) is 0 Å². The summed E-state index contributed by atoms with van der Waals surface area (Å²) in [6.07, 6.45) is 2.98. The smallest absolute Gasteiger partial charge is 0.191 e. The molecule has 2 N–H and O–H groups in total. The topological polar surface area (TPSA) is 76.4 Å². The van der Waals surface area contributed by atoms with Gasteiger partial charge in [0.1, 0.15) is 11.6 Å². The van der Waals surface area contributed by atoms with E-state index in [4.69, 9.17) is 4.74 Å². The van der Waals surface area contributed by atoms with Crippen LogP contribution < -0.4 is 10.6 Å². The van der Waals surface area contributed by atoms with Crippen LogP contribution >= 0.6 is 0 Å². The Hall–Kier alpha value is -1.63. The fraction of sp³-hybridized carbons (Fsp3) is 0.824. The Morgan fingerprint density at radius 1 is 1.33 bits per heavy atom. The van der Waals surface area contributed by atoms with Crippen LogP contribution in [0.15, 0.2) is 4.99 Å². The van der Waals surface area contributed by atoms with Gasteiger partial charge in [0.25, 0.3) is 0 Å². The lowest BCUT2D eigenvalue weighted by Gasteiger charge is -2.59. The van der Waals surface area contributed by atoms with E-state index in [1.54, 1.807) is 7.11 Å². The van der Waals surface area contributed by atoms with Gasteiger partial charge in [0.05, 0.1) is 12.1 Å². The quantitative estimate of drug-likeness (QED) is 0.643. The van der Waals surface area contributed by atoms with E-state index < -0.39 is 0 Å². The van der Waals surface area contributed by atoms with Gasteiger partial charge in [-0.2, -0.15) is 5.10 Å². The minimum Gasteiger partial charge on any atom is -0.378 e. The summed E-state index contributed by atoms with van der Waals surface area (Å²) in [6, 6.07) is 0.670. The van der Waals surface area contributed by atoms with Crippen LogP contribution in [0.1, 0.15) is 45.3 Å². The van der Waals surface area contributed by atoms with Crippen LogP contribution in [0.3, 0.4) is 0 Å². The van der Waals surface area contributed by atoms with Gasteiger partial charge in [-0.3, -0.25) is 4.99 Å². The van der Waals surface area contributed by atoms with E-state index >= 15 is 0 Å². The van der Waals surface area contributed by atoms with Crippen molar-refractivity contribution in [3.05, 3.63) is 11.6 Å². The van der Waals surface area contributed by atoms with E-state index in [9.17, 15) is 0 Å². The molecule has 0 spiro atoms. The van der Waals surface area contributed by atoms with Gasteiger partial charge < -0.3 is 15.4 Å². The first-order valence-corrected chi connectivity index (χ1v) is 8.74. The highest BCUT2D eigenvalue weighted by atomic mass is 16.5. The Morgan fingerprint density at radius 2 is 2.08 bits per heavy atom. The largest absolute Gasteiger partial charge is 0.378 e. The van der Waals surface area contributed by atoms with Crippen LogP contribution in [0.2, 0.25) is 0 Å². The van der Waals surface area contributed by atoms with Crippen LogP contribution in [0.4, 0.5) is 0 Å². The molecule has 2 aliphatic rings. The summed E-state index contributed by atoms with van der Waals surface area (Å²) in [5.74, 6) is 2.80. The summed E-state index contributed by atoms with van der Waals surface area (Å²) in [5.41, 5.74) is -0.0242. The number of guanidine groups is 1. The van der Waals surface area contributed by atoms with Crippen molar-refractivity contribution in [1.29, 1.82) is 0 Å². The number of hydrogen-bond acceptors (Lipinski definition) is 4. The van der Waals surface area contributed by atoms with Crippen molar-refractivity contribution in [2.24, 2.45) is 10.4 Å². The molecule has 0 saturated heterocycles. The molecule has 0 amide bonds. The first-order valence-electron chi connectivity index (χ1n) is 8.74. The maximum atomic E-state index is 5.71. The number of methoxy groups -OCH3 is 1. The molecule has 1 fully saturated rings. The van der Waals surface area contributed by atoms with Gasteiger partial charge in [-0.15, -0.1) is 0 Å². The fourth-order valence-electron chi connectivity index (χ4n) is 3.80. The van der Waals surface area contributed by atoms with Crippen LogP contribution in [0, 0.1) is 12.3 Å². The minimum absolute atomic E-state index is 0.0577. The van der Waals surface area contributed by atoms with Crippen LogP contribution in [0.5, 0.6) is 0 Å².